The lowest BCUT2D eigenvalue weighted by Gasteiger charge is -2.28. The standard InChI is InChI=1S/C52H40N2/c1-35-12-11-13-38(32-35)36-20-25-41(26-21-36)53(43-29-30-45-44-16-7-9-18-48(44)52(2,3)49(45)34-43)42-27-22-37(23-28-42)39-24-31-51-47(33-39)46-17-8-10-19-50(46)54(51)40-14-5-4-6-15-40/h4-34H,1-3H3. The molecule has 0 spiro atoms. The van der Waals surface area contributed by atoms with Crippen LogP contribution in [0.4, 0.5) is 17.1 Å². The van der Waals surface area contributed by atoms with Crippen LogP contribution in [0.3, 0.4) is 0 Å². The fourth-order valence-electron chi connectivity index (χ4n) is 8.72. The first-order valence-corrected chi connectivity index (χ1v) is 18.8. The highest BCUT2D eigenvalue weighted by atomic mass is 15.1. The van der Waals surface area contributed by atoms with Gasteiger partial charge in [-0.2, -0.15) is 0 Å². The molecule has 1 aliphatic rings. The summed E-state index contributed by atoms with van der Waals surface area (Å²) in [5.41, 5.74) is 18.4. The van der Waals surface area contributed by atoms with E-state index in [2.05, 4.69) is 218 Å². The lowest BCUT2D eigenvalue weighted by atomic mass is 9.82. The highest BCUT2D eigenvalue weighted by molar-refractivity contribution is 6.10. The third-order valence-corrected chi connectivity index (χ3v) is 11.4. The zero-order valence-corrected chi connectivity index (χ0v) is 30.8. The van der Waals surface area contributed by atoms with Gasteiger partial charge >= 0.3 is 0 Å². The summed E-state index contributed by atoms with van der Waals surface area (Å²) in [5, 5.41) is 2.52. The molecule has 9 aromatic rings. The smallest absolute Gasteiger partial charge is 0.0541 e. The van der Waals surface area contributed by atoms with Crippen LogP contribution in [-0.2, 0) is 5.41 Å². The van der Waals surface area contributed by atoms with E-state index in [-0.39, 0.29) is 5.41 Å². The van der Waals surface area contributed by atoms with Crippen LogP contribution >= 0.6 is 0 Å². The van der Waals surface area contributed by atoms with Gasteiger partial charge in [0.2, 0.25) is 0 Å². The summed E-state index contributed by atoms with van der Waals surface area (Å²) in [7, 11) is 0. The average molecular weight is 693 g/mol. The maximum Gasteiger partial charge on any atom is 0.0541 e. The predicted molar refractivity (Wildman–Crippen MR) is 229 cm³/mol. The van der Waals surface area contributed by atoms with Crippen LogP contribution in [0.15, 0.2) is 188 Å². The van der Waals surface area contributed by atoms with Crippen molar-refractivity contribution in [3.05, 3.63) is 205 Å². The number of benzene rings is 8. The number of aryl methyl sites for hydroxylation is 1. The number of hydrogen-bond acceptors (Lipinski definition) is 1. The van der Waals surface area contributed by atoms with E-state index in [1.807, 2.05) is 0 Å². The largest absolute Gasteiger partial charge is 0.310 e. The first kappa shape index (κ1) is 32.0. The van der Waals surface area contributed by atoms with Gasteiger partial charge in [-0.05, 0) is 118 Å². The number of hydrogen-bond donors (Lipinski definition) is 0. The number of nitrogens with zero attached hydrogens (tertiary/aromatic N) is 2. The molecule has 1 aromatic heterocycles. The fraction of sp³-hybridized carbons (Fsp3) is 0.0769. The van der Waals surface area contributed by atoms with E-state index in [9.17, 15) is 0 Å². The quantitative estimate of drug-likeness (QED) is 0.168. The van der Waals surface area contributed by atoms with Gasteiger partial charge in [-0.15, -0.1) is 0 Å². The molecule has 10 rings (SSSR count). The Bertz CT molecular complexity index is 2840. The Hall–Kier alpha value is -6.64. The first-order chi connectivity index (χ1) is 26.4. The topological polar surface area (TPSA) is 8.17 Å². The molecular formula is C52H40N2. The molecule has 2 heteroatoms. The van der Waals surface area contributed by atoms with Crippen molar-refractivity contribution in [1.82, 2.24) is 4.57 Å². The maximum atomic E-state index is 2.41. The Morgan fingerprint density at radius 1 is 0.407 bits per heavy atom. The zero-order chi connectivity index (χ0) is 36.4. The minimum absolute atomic E-state index is 0.0885. The molecule has 0 fully saturated rings. The lowest BCUT2D eigenvalue weighted by Crippen LogP contribution is -2.16. The molecule has 54 heavy (non-hydrogen) atoms. The second-order valence-corrected chi connectivity index (χ2v) is 15.1. The SMILES string of the molecule is Cc1cccc(-c2ccc(N(c3ccc(-c4ccc5c(c4)c4ccccc4n5-c4ccccc4)cc3)c3ccc4c(c3)C(C)(C)c3ccccc3-4)cc2)c1. The van der Waals surface area contributed by atoms with Gasteiger partial charge in [0, 0.05) is 38.9 Å². The van der Waals surface area contributed by atoms with E-state index in [1.165, 1.54) is 77.6 Å². The van der Waals surface area contributed by atoms with E-state index >= 15 is 0 Å². The Labute approximate surface area is 317 Å². The van der Waals surface area contributed by atoms with E-state index in [0.29, 0.717) is 0 Å². The van der Waals surface area contributed by atoms with E-state index in [0.717, 1.165) is 17.1 Å². The summed E-state index contributed by atoms with van der Waals surface area (Å²) < 4.78 is 2.37. The molecule has 258 valence electrons. The Morgan fingerprint density at radius 3 is 1.74 bits per heavy atom. The Kier molecular flexibility index (Phi) is 7.42. The number of rotatable bonds is 6. The van der Waals surface area contributed by atoms with Gasteiger partial charge in [0.25, 0.3) is 0 Å². The van der Waals surface area contributed by atoms with Gasteiger partial charge < -0.3 is 9.47 Å². The molecule has 0 atom stereocenters. The van der Waals surface area contributed by atoms with Crippen molar-refractivity contribution >= 4 is 38.9 Å². The highest BCUT2D eigenvalue weighted by Gasteiger charge is 2.35. The van der Waals surface area contributed by atoms with Crippen molar-refractivity contribution in [1.29, 1.82) is 0 Å². The first-order valence-electron chi connectivity index (χ1n) is 18.8. The summed E-state index contributed by atoms with van der Waals surface area (Å²) >= 11 is 0. The molecule has 8 aromatic carbocycles. The normalized spacial score (nSPS) is 12.9. The fourth-order valence-corrected chi connectivity index (χ4v) is 8.72. The monoisotopic (exact) mass is 692 g/mol. The Balaban J connectivity index is 1.07. The second-order valence-electron chi connectivity index (χ2n) is 15.1. The van der Waals surface area contributed by atoms with Crippen molar-refractivity contribution < 1.29 is 0 Å². The molecule has 0 amide bonds. The van der Waals surface area contributed by atoms with Crippen molar-refractivity contribution in [2.45, 2.75) is 26.2 Å². The number of aromatic nitrogens is 1. The van der Waals surface area contributed by atoms with Crippen molar-refractivity contribution in [2.24, 2.45) is 0 Å². The highest BCUT2D eigenvalue weighted by Crippen LogP contribution is 2.50. The molecule has 2 nitrogen and oxygen atoms in total. The average Bonchev–Trinajstić information content (AvgIpc) is 3.67. The minimum Gasteiger partial charge on any atom is -0.310 e. The van der Waals surface area contributed by atoms with Gasteiger partial charge in [-0.1, -0.05) is 141 Å². The molecule has 0 aliphatic heterocycles. The molecule has 1 heterocycles. The number of fused-ring (bicyclic) bond motifs is 6. The summed E-state index contributed by atoms with van der Waals surface area (Å²) in [6, 6.07) is 69.0. The lowest BCUT2D eigenvalue weighted by molar-refractivity contribution is 0.660. The van der Waals surface area contributed by atoms with Crippen LogP contribution in [0.25, 0.3) is 60.9 Å². The molecule has 0 saturated carbocycles. The van der Waals surface area contributed by atoms with Crippen LogP contribution in [0.1, 0.15) is 30.5 Å². The summed E-state index contributed by atoms with van der Waals surface area (Å²) in [5.74, 6) is 0. The van der Waals surface area contributed by atoms with E-state index in [4.69, 9.17) is 0 Å². The zero-order valence-electron chi connectivity index (χ0n) is 30.8. The third-order valence-electron chi connectivity index (χ3n) is 11.4. The molecule has 0 unspecified atom stereocenters. The van der Waals surface area contributed by atoms with Gasteiger partial charge in [0.15, 0.2) is 0 Å². The number of para-hydroxylation sites is 2. The predicted octanol–water partition coefficient (Wildman–Crippen LogP) is 14.2. The van der Waals surface area contributed by atoms with Crippen LogP contribution in [0.5, 0.6) is 0 Å². The molecule has 1 aliphatic carbocycles. The van der Waals surface area contributed by atoms with Gasteiger partial charge in [0.1, 0.15) is 0 Å². The Morgan fingerprint density at radius 2 is 1.00 bits per heavy atom. The summed E-state index contributed by atoms with van der Waals surface area (Å²) in [4.78, 5) is 2.40. The van der Waals surface area contributed by atoms with Crippen molar-refractivity contribution in [2.75, 3.05) is 4.90 Å². The van der Waals surface area contributed by atoms with Gasteiger partial charge in [0.05, 0.1) is 11.0 Å². The third kappa shape index (κ3) is 5.17. The van der Waals surface area contributed by atoms with Gasteiger partial charge in [-0.3, -0.25) is 0 Å². The van der Waals surface area contributed by atoms with E-state index < -0.39 is 0 Å². The van der Waals surface area contributed by atoms with Crippen molar-refractivity contribution in [3.8, 4) is 39.1 Å². The molecular weight excluding hydrogens is 653 g/mol. The van der Waals surface area contributed by atoms with Crippen LogP contribution in [-0.4, -0.2) is 4.57 Å². The van der Waals surface area contributed by atoms with Crippen LogP contribution in [0, 0.1) is 6.92 Å². The van der Waals surface area contributed by atoms with Crippen LogP contribution < -0.4 is 4.90 Å². The van der Waals surface area contributed by atoms with Crippen molar-refractivity contribution in [3.63, 3.8) is 0 Å². The summed E-state index contributed by atoms with van der Waals surface area (Å²) in [6.45, 7) is 6.86. The van der Waals surface area contributed by atoms with Gasteiger partial charge in [-0.25, -0.2) is 0 Å². The molecule has 0 N–H and O–H groups in total. The van der Waals surface area contributed by atoms with E-state index in [1.54, 1.807) is 0 Å². The second kappa shape index (κ2) is 12.5. The minimum atomic E-state index is -0.0885. The molecule has 0 radical (unpaired) electrons. The van der Waals surface area contributed by atoms with Crippen LogP contribution in [0.2, 0.25) is 0 Å². The maximum absolute atomic E-state index is 2.41. The molecule has 0 saturated heterocycles. The number of anilines is 3. The summed E-state index contributed by atoms with van der Waals surface area (Å²) in [6.07, 6.45) is 0. The molecule has 0 bridgehead atoms.